The molecular weight excluding hydrogens is 366 g/mol. The number of carbonyl (C=O) groups excluding carboxylic acids is 1. The Morgan fingerprint density at radius 2 is 1.48 bits per heavy atom. The number of benzene rings is 2. The fourth-order valence-corrected chi connectivity index (χ4v) is 2.22. The zero-order valence-electron chi connectivity index (χ0n) is 13.2. The number of aromatic nitrogens is 2. The van der Waals surface area contributed by atoms with Gasteiger partial charge in [-0.2, -0.15) is 5.26 Å². The van der Waals surface area contributed by atoms with Crippen molar-refractivity contribution in [2.75, 3.05) is 0 Å². The minimum absolute atomic E-state index is 0.0161. The molecule has 0 unspecified atom stereocenters. The third kappa shape index (κ3) is 3.59. The fraction of sp³-hybridized carbons (Fsp3) is 0. The van der Waals surface area contributed by atoms with Crippen molar-refractivity contribution in [2.45, 2.75) is 0 Å². The Balaban J connectivity index is 1.93. The molecule has 0 aliphatic heterocycles. The third-order valence-electron chi connectivity index (χ3n) is 3.41. The maximum atomic E-state index is 14.2. The standard InChI is InChI=1S/C18H7F4N3O2/c19-12-6-10(7-13(20)11(12)8-23)27-18(26)16-14(21)4-9(5-15(16)22)17-24-2-1-3-25-17/h1-7H. The molecule has 0 saturated carbocycles. The lowest BCUT2D eigenvalue weighted by Crippen LogP contribution is -2.14. The van der Waals surface area contributed by atoms with Gasteiger partial charge in [0.25, 0.3) is 0 Å². The van der Waals surface area contributed by atoms with Gasteiger partial charge in [-0.05, 0) is 18.2 Å². The van der Waals surface area contributed by atoms with E-state index in [1.165, 1.54) is 24.5 Å². The van der Waals surface area contributed by atoms with Crippen LogP contribution in [-0.4, -0.2) is 15.9 Å². The number of hydrogen-bond donors (Lipinski definition) is 0. The molecule has 5 nitrogen and oxygen atoms in total. The van der Waals surface area contributed by atoms with Gasteiger partial charge in [0, 0.05) is 30.1 Å². The summed E-state index contributed by atoms with van der Waals surface area (Å²) in [7, 11) is 0. The summed E-state index contributed by atoms with van der Waals surface area (Å²) in [5.74, 6) is -7.21. The highest BCUT2D eigenvalue weighted by Crippen LogP contribution is 2.25. The summed E-state index contributed by atoms with van der Waals surface area (Å²) in [6, 6.07) is 5.58. The average molecular weight is 373 g/mol. The van der Waals surface area contributed by atoms with E-state index >= 15 is 0 Å². The largest absolute Gasteiger partial charge is 0.423 e. The molecule has 2 aromatic carbocycles. The molecule has 1 aromatic heterocycles. The Hall–Kier alpha value is -3.80. The first kappa shape index (κ1) is 18.0. The van der Waals surface area contributed by atoms with E-state index < -0.39 is 46.1 Å². The third-order valence-corrected chi connectivity index (χ3v) is 3.41. The highest BCUT2D eigenvalue weighted by atomic mass is 19.1. The summed E-state index contributed by atoms with van der Waals surface area (Å²) in [4.78, 5) is 19.7. The summed E-state index contributed by atoms with van der Waals surface area (Å²) in [5.41, 5.74) is -1.95. The van der Waals surface area contributed by atoms with Gasteiger partial charge in [-0.25, -0.2) is 32.3 Å². The van der Waals surface area contributed by atoms with Crippen molar-refractivity contribution in [1.29, 1.82) is 5.26 Å². The van der Waals surface area contributed by atoms with Crippen LogP contribution in [0.5, 0.6) is 5.75 Å². The van der Waals surface area contributed by atoms with E-state index in [0.717, 1.165) is 12.1 Å². The van der Waals surface area contributed by atoms with Crippen molar-refractivity contribution in [1.82, 2.24) is 9.97 Å². The number of rotatable bonds is 3. The smallest absolute Gasteiger partial charge is 0.349 e. The molecule has 0 radical (unpaired) electrons. The summed E-state index contributed by atoms with van der Waals surface area (Å²) in [6.07, 6.45) is 2.74. The highest BCUT2D eigenvalue weighted by Gasteiger charge is 2.23. The highest BCUT2D eigenvalue weighted by molar-refractivity contribution is 5.92. The number of halogens is 4. The lowest BCUT2D eigenvalue weighted by atomic mass is 10.1. The van der Waals surface area contributed by atoms with Gasteiger partial charge in [-0.3, -0.25) is 0 Å². The predicted molar refractivity (Wildman–Crippen MR) is 83.4 cm³/mol. The van der Waals surface area contributed by atoms with E-state index in [2.05, 4.69) is 14.7 Å². The van der Waals surface area contributed by atoms with Gasteiger partial charge in [0.15, 0.2) is 5.82 Å². The first-order valence-electron chi connectivity index (χ1n) is 7.28. The molecule has 0 saturated heterocycles. The summed E-state index contributed by atoms with van der Waals surface area (Å²) in [6.45, 7) is 0. The second-order valence-electron chi connectivity index (χ2n) is 5.15. The van der Waals surface area contributed by atoms with Crippen molar-refractivity contribution in [2.24, 2.45) is 0 Å². The number of nitriles is 1. The lowest BCUT2D eigenvalue weighted by molar-refractivity contribution is 0.0724. The molecule has 0 amide bonds. The van der Waals surface area contributed by atoms with Gasteiger partial charge in [0.2, 0.25) is 0 Å². The molecule has 1 heterocycles. The summed E-state index contributed by atoms with van der Waals surface area (Å²) < 4.78 is 60.2. The molecule has 0 atom stereocenters. The minimum Gasteiger partial charge on any atom is -0.423 e. The first-order valence-corrected chi connectivity index (χ1v) is 7.28. The SMILES string of the molecule is N#Cc1c(F)cc(OC(=O)c2c(F)cc(-c3ncccn3)cc2F)cc1F. The van der Waals surface area contributed by atoms with Crippen LogP contribution in [0, 0.1) is 34.6 Å². The maximum Gasteiger partial charge on any atom is 0.349 e. The molecule has 3 rings (SSSR count). The van der Waals surface area contributed by atoms with E-state index in [1.807, 2.05) is 0 Å². The summed E-state index contributed by atoms with van der Waals surface area (Å²) in [5, 5.41) is 8.60. The van der Waals surface area contributed by atoms with Crippen LogP contribution in [0.3, 0.4) is 0 Å². The van der Waals surface area contributed by atoms with Crippen LogP contribution < -0.4 is 4.74 Å². The maximum absolute atomic E-state index is 14.2. The molecule has 3 aromatic rings. The van der Waals surface area contributed by atoms with Gasteiger partial charge in [-0.1, -0.05) is 0 Å². The predicted octanol–water partition coefficient (Wildman–Crippen LogP) is 3.79. The number of hydrogen-bond acceptors (Lipinski definition) is 5. The monoisotopic (exact) mass is 373 g/mol. The Morgan fingerprint density at radius 1 is 0.926 bits per heavy atom. The first-order chi connectivity index (χ1) is 12.9. The fourth-order valence-electron chi connectivity index (χ4n) is 2.22. The van der Waals surface area contributed by atoms with Crippen LogP contribution in [0.15, 0.2) is 42.7 Å². The molecule has 0 aliphatic rings. The molecule has 0 fully saturated rings. The van der Waals surface area contributed by atoms with E-state index in [9.17, 15) is 22.4 Å². The number of ether oxygens (including phenoxy) is 1. The van der Waals surface area contributed by atoms with Crippen molar-refractivity contribution in [3.05, 3.63) is 77.1 Å². The van der Waals surface area contributed by atoms with Crippen LogP contribution in [0.1, 0.15) is 15.9 Å². The molecular formula is C18H7F4N3O2. The van der Waals surface area contributed by atoms with Crippen molar-refractivity contribution >= 4 is 5.97 Å². The lowest BCUT2D eigenvalue weighted by Gasteiger charge is -2.09. The molecule has 0 N–H and O–H groups in total. The zero-order chi connectivity index (χ0) is 19.6. The van der Waals surface area contributed by atoms with E-state index in [1.54, 1.807) is 0 Å². The van der Waals surface area contributed by atoms with Gasteiger partial charge >= 0.3 is 5.97 Å². The number of esters is 1. The summed E-state index contributed by atoms with van der Waals surface area (Å²) >= 11 is 0. The molecule has 0 aliphatic carbocycles. The van der Waals surface area contributed by atoms with Gasteiger partial charge < -0.3 is 4.74 Å². The van der Waals surface area contributed by atoms with E-state index in [4.69, 9.17) is 5.26 Å². The minimum atomic E-state index is -1.51. The van der Waals surface area contributed by atoms with Crippen LogP contribution in [-0.2, 0) is 0 Å². The van der Waals surface area contributed by atoms with E-state index in [0.29, 0.717) is 12.1 Å². The topological polar surface area (TPSA) is 75.9 Å². The second-order valence-corrected chi connectivity index (χ2v) is 5.15. The quantitative estimate of drug-likeness (QED) is 0.397. The molecule has 134 valence electrons. The van der Waals surface area contributed by atoms with Crippen molar-refractivity contribution in [3.63, 3.8) is 0 Å². The molecule has 9 heteroatoms. The van der Waals surface area contributed by atoms with Crippen LogP contribution in [0.2, 0.25) is 0 Å². The Morgan fingerprint density at radius 3 is 2.00 bits per heavy atom. The van der Waals surface area contributed by atoms with Gasteiger partial charge in [0.1, 0.15) is 46.2 Å². The normalized spacial score (nSPS) is 10.3. The number of carbonyl (C=O) groups is 1. The van der Waals surface area contributed by atoms with Crippen molar-refractivity contribution in [3.8, 4) is 23.2 Å². The Bertz CT molecular complexity index is 1040. The molecule has 0 spiro atoms. The molecule has 27 heavy (non-hydrogen) atoms. The van der Waals surface area contributed by atoms with Crippen LogP contribution >= 0.6 is 0 Å². The molecule has 0 bridgehead atoms. The van der Waals surface area contributed by atoms with Gasteiger partial charge in [-0.15, -0.1) is 0 Å². The van der Waals surface area contributed by atoms with Crippen LogP contribution in [0.25, 0.3) is 11.4 Å². The Kier molecular flexibility index (Phi) is 4.81. The van der Waals surface area contributed by atoms with Crippen LogP contribution in [0.4, 0.5) is 17.6 Å². The van der Waals surface area contributed by atoms with E-state index in [-0.39, 0.29) is 11.4 Å². The van der Waals surface area contributed by atoms with Crippen molar-refractivity contribution < 1.29 is 27.1 Å². The second kappa shape index (κ2) is 7.21. The zero-order valence-corrected chi connectivity index (χ0v) is 13.2. The number of nitrogens with zero attached hydrogens (tertiary/aromatic N) is 3. The van der Waals surface area contributed by atoms with Gasteiger partial charge in [0.05, 0.1) is 0 Å². The Labute approximate surface area is 149 Å². The average Bonchev–Trinajstić information content (AvgIpc) is 2.61.